The Morgan fingerprint density at radius 1 is 0.962 bits per heavy atom. The summed E-state index contributed by atoms with van der Waals surface area (Å²) in [5.74, 6) is 0.520. The van der Waals surface area contributed by atoms with Gasteiger partial charge in [-0.1, -0.05) is 37.3 Å². The fourth-order valence-corrected chi connectivity index (χ4v) is 2.69. The molecular formula is C20H25NO5. The first-order valence-corrected chi connectivity index (χ1v) is 8.31. The molecule has 2 aromatic carbocycles. The van der Waals surface area contributed by atoms with E-state index in [1.54, 1.807) is 12.1 Å². The number of hydrogen-bond acceptors (Lipinski definition) is 6. The first-order chi connectivity index (χ1) is 12.5. The van der Waals surface area contributed by atoms with Crippen molar-refractivity contribution in [2.75, 3.05) is 27.9 Å². The summed E-state index contributed by atoms with van der Waals surface area (Å²) in [7, 11) is 4.45. The lowest BCUT2D eigenvalue weighted by atomic mass is 9.89. The highest BCUT2D eigenvalue weighted by atomic mass is 16.5. The van der Waals surface area contributed by atoms with Crippen LogP contribution in [0.25, 0.3) is 0 Å². The topological polar surface area (TPSA) is 80.0 Å². The summed E-state index contributed by atoms with van der Waals surface area (Å²) in [6.45, 7) is 2.00. The molecule has 1 unspecified atom stereocenters. The molecule has 0 heterocycles. The van der Waals surface area contributed by atoms with Crippen LogP contribution in [0.15, 0.2) is 42.5 Å². The molecule has 140 valence electrons. The minimum Gasteiger partial charge on any atom is -0.493 e. The van der Waals surface area contributed by atoms with Gasteiger partial charge in [0, 0.05) is 0 Å². The number of nitrogens with two attached hydrogens (primary N) is 1. The average molecular weight is 359 g/mol. The fraction of sp³-hybridized carbons (Fsp3) is 0.350. The van der Waals surface area contributed by atoms with Crippen molar-refractivity contribution in [3.05, 3.63) is 53.6 Å². The van der Waals surface area contributed by atoms with E-state index < -0.39 is 11.5 Å². The lowest BCUT2D eigenvalue weighted by molar-refractivity contribution is 0.0393. The van der Waals surface area contributed by atoms with Crippen LogP contribution in [0.5, 0.6) is 17.2 Å². The van der Waals surface area contributed by atoms with Gasteiger partial charge >= 0.3 is 5.97 Å². The molecule has 2 aromatic rings. The molecule has 2 N–H and O–H groups in total. The highest BCUT2D eigenvalue weighted by Crippen LogP contribution is 2.40. The number of carbonyl (C=O) groups is 1. The van der Waals surface area contributed by atoms with Crippen LogP contribution in [0, 0.1) is 0 Å². The van der Waals surface area contributed by atoms with Gasteiger partial charge in [-0.05, 0) is 24.1 Å². The van der Waals surface area contributed by atoms with Crippen molar-refractivity contribution >= 4 is 5.97 Å². The lowest BCUT2D eigenvalue weighted by Gasteiger charge is -2.28. The van der Waals surface area contributed by atoms with Gasteiger partial charge in [0.1, 0.15) is 12.2 Å². The van der Waals surface area contributed by atoms with E-state index >= 15 is 0 Å². The summed E-state index contributed by atoms with van der Waals surface area (Å²) in [6.07, 6.45) is 0.618. The Balaban J connectivity index is 2.25. The maximum absolute atomic E-state index is 12.6. The zero-order chi connectivity index (χ0) is 19.2. The van der Waals surface area contributed by atoms with Crippen LogP contribution in [0.4, 0.5) is 0 Å². The number of methoxy groups -OCH3 is 3. The second-order valence-electron chi connectivity index (χ2n) is 5.83. The van der Waals surface area contributed by atoms with Crippen molar-refractivity contribution in [2.45, 2.75) is 18.9 Å². The van der Waals surface area contributed by atoms with Crippen molar-refractivity contribution in [1.29, 1.82) is 0 Å². The Morgan fingerprint density at radius 2 is 1.62 bits per heavy atom. The third-order valence-electron chi connectivity index (χ3n) is 4.36. The second-order valence-corrected chi connectivity index (χ2v) is 5.83. The maximum Gasteiger partial charge on any atom is 0.342 e. The number of benzene rings is 2. The molecule has 0 saturated heterocycles. The van der Waals surface area contributed by atoms with Crippen LogP contribution in [-0.4, -0.2) is 33.9 Å². The summed E-state index contributed by atoms with van der Waals surface area (Å²) < 4.78 is 21.4. The van der Waals surface area contributed by atoms with E-state index in [4.69, 9.17) is 24.7 Å². The Bertz CT molecular complexity index is 747. The quantitative estimate of drug-likeness (QED) is 0.730. The van der Waals surface area contributed by atoms with Crippen LogP contribution in [0.1, 0.15) is 29.3 Å². The van der Waals surface area contributed by atoms with Gasteiger partial charge in [0.2, 0.25) is 5.75 Å². The Kier molecular flexibility index (Phi) is 6.46. The van der Waals surface area contributed by atoms with Crippen LogP contribution in [0.2, 0.25) is 0 Å². The zero-order valence-corrected chi connectivity index (χ0v) is 15.6. The van der Waals surface area contributed by atoms with E-state index in [2.05, 4.69) is 0 Å². The maximum atomic E-state index is 12.6. The molecule has 0 aliphatic rings. The monoisotopic (exact) mass is 359 g/mol. The van der Waals surface area contributed by atoms with Gasteiger partial charge in [-0.2, -0.15) is 0 Å². The molecule has 6 nitrogen and oxygen atoms in total. The Morgan fingerprint density at radius 3 is 2.15 bits per heavy atom. The number of rotatable bonds is 8. The highest BCUT2D eigenvalue weighted by Gasteiger charge is 2.29. The molecule has 0 aliphatic heterocycles. The van der Waals surface area contributed by atoms with Gasteiger partial charge in [-0.25, -0.2) is 4.79 Å². The molecule has 1 atom stereocenters. The van der Waals surface area contributed by atoms with Crippen LogP contribution < -0.4 is 19.9 Å². The lowest BCUT2D eigenvalue weighted by Crippen LogP contribution is -2.41. The highest BCUT2D eigenvalue weighted by molar-refractivity contribution is 5.94. The van der Waals surface area contributed by atoms with Crippen LogP contribution in [0.3, 0.4) is 0 Å². The number of hydrogen-bond donors (Lipinski definition) is 1. The molecule has 0 spiro atoms. The summed E-state index contributed by atoms with van der Waals surface area (Å²) in [4.78, 5) is 12.6. The molecule has 6 heteroatoms. The standard InChI is InChI=1S/C20H25NO5/c1-5-20(21,14-9-7-6-8-10-14)13-26-19(22)15-11-12-16(23-2)18(25-4)17(15)24-3/h6-12H,5,13,21H2,1-4H3. The Labute approximate surface area is 153 Å². The first kappa shape index (κ1) is 19.6. The molecule has 0 fully saturated rings. The fourth-order valence-electron chi connectivity index (χ4n) is 2.69. The SMILES string of the molecule is CCC(N)(COC(=O)c1ccc(OC)c(OC)c1OC)c1ccccc1. The summed E-state index contributed by atoms with van der Waals surface area (Å²) in [5, 5.41) is 0. The average Bonchev–Trinajstić information content (AvgIpc) is 2.70. The molecule has 0 aliphatic carbocycles. The number of esters is 1. The molecule has 0 aromatic heterocycles. The minimum atomic E-state index is -0.763. The van der Waals surface area contributed by atoms with Gasteiger partial charge in [0.25, 0.3) is 0 Å². The van der Waals surface area contributed by atoms with Crippen molar-refractivity contribution in [2.24, 2.45) is 5.73 Å². The minimum absolute atomic E-state index is 0.0455. The van der Waals surface area contributed by atoms with Crippen molar-refractivity contribution in [3.63, 3.8) is 0 Å². The van der Waals surface area contributed by atoms with Crippen molar-refractivity contribution in [3.8, 4) is 17.2 Å². The molecule has 0 saturated carbocycles. The van der Waals surface area contributed by atoms with E-state index in [1.165, 1.54) is 21.3 Å². The van der Waals surface area contributed by atoms with Gasteiger partial charge in [-0.15, -0.1) is 0 Å². The number of ether oxygens (including phenoxy) is 4. The molecule has 2 rings (SSSR count). The van der Waals surface area contributed by atoms with E-state index in [-0.39, 0.29) is 17.9 Å². The normalized spacial score (nSPS) is 12.8. The van der Waals surface area contributed by atoms with E-state index in [9.17, 15) is 4.79 Å². The summed E-state index contributed by atoms with van der Waals surface area (Å²) in [5.41, 5.74) is 6.86. The van der Waals surface area contributed by atoms with E-state index in [0.29, 0.717) is 17.9 Å². The predicted octanol–water partition coefficient (Wildman–Crippen LogP) is 3.13. The van der Waals surface area contributed by atoms with E-state index in [1.807, 2.05) is 37.3 Å². The van der Waals surface area contributed by atoms with Crippen molar-refractivity contribution in [1.82, 2.24) is 0 Å². The summed E-state index contributed by atoms with van der Waals surface area (Å²) in [6, 6.07) is 12.8. The molecule has 0 bridgehead atoms. The van der Waals surface area contributed by atoms with Crippen LogP contribution >= 0.6 is 0 Å². The summed E-state index contributed by atoms with van der Waals surface area (Å²) >= 11 is 0. The van der Waals surface area contributed by atoms with Gasteiger partial charge in [0.05, 0.1) is 26.9 Å². The molecule has 26 heavy (non-hydrogen) atoms. The first-order valence-electron chi connectivity index (χ1n) is 8.31. The third-order valence-corrected chi connectivity index (χ3v) is 4.36. The van der Waals surface area contributed by atoms with Crippen LogP contribution in [-0.2, 0) is 10.3 Å². The largest absolute Gasteiger partial charge is 0.493 e. The van der Waals surface area contributed by atoms with Gasteiger partial charge < -0.3 is 24.7 Å². The second kappa shape index (κ2) is 8.58. The smallest absolute Gasteiger partial charge is 0.342 e. The molecule has 0 amide bonds. The predicted molar refractivity (Wildman–Crippen MR) is 99.0 cm³/mol. The van der Waals surface area contributed by atoms with Gasteiger partial charge in [0.15, 0.2) is 11.5 Å². The Hall–Kier alpha value is -2.73. The molecular weight excluding hydrogens is 334 g/mol. The zero-order valence-electron chi connectivity index (χ0n) is 15.6. The third kappa shape index (κ3) is 3.91. The van der Waals surface area contributed by atoms with Gasteiger partial charge in [-0.3, -0.25) is 0 Å². The molecule has 0 radical (unpaired) electrons. The number of carbonyl (C=O) groups excluding carboxylic acids is 1. The van der Waals surface area contributed by atoms with Crippen molar-refractivity contribution < 1.29 is 23.7 Å². The van der Waals surface area contributed by atoms with E-state index in [0.717, 1.165) is 5.56 Å².